The zero-order valence-electron chi connectivity index (χ0n) is 19.6. The lowest BCUT2D eigenvalue weighted by molar-refractivity contribution is 0.230. The first-order valence-corrected chi connectivity index (χ1v) is 12.6. The van der Waals surface area contributed by atoms with Crippen molar-refractivity contribution < 1.29 is 9.52 Å². The summed E-state index contributed by atoms with van der Waals surface area (Å²) >= 11 is 1.48. The maximum absolute atomic E-state index is 9.11. The minimum absolute atomic E-state index is 0.130. The number of rotatable bonds is 5. The third kappa shape index (κ3) is 5.95. The van der Waals surface area contributed by atoms with E-state index in [1.807, 2.05) is 12.1 Å². The van der Waals surface area contributed by atoms with E-state index in [1.165, 1.54) is 18.4 Å². The number of allylic oxidation sites excluding steroid dienone is 2. The fraction of sp³-hybridized carbons (Fsp3) is 0.440. The number of hydrogen-bond acceptors (Lipinski definition) is 9. The molecule has 3 aliphatic rings. The molecule has 0 atom stereocenters. The fourth-order valence-electron chi connectivity index (χ4n) is 4.25. The van der Waals surface area contributed by atoms with E-state index >= 15 is 0 Å². The van der Waals surface area contributed by atoms with Crippen molar-refractivity contribution in [2.24, 2.45) is 15.4 Å². The van der Waals surface area contributed by atoms with Gasteiger partial charge in [-0.15, -0.1) is 10.2 Å². The second-order valence-corrected chi connectivity index (χ2v) is 9.75. The first-order valence-electron chi connectivity index (χ1n) is 11.7. The van der Waals surface area contributed by atoms with Crippen LogP contribution in [0.15, 0.2) is 50.8 Å². The Bertz CT molecular complexity index is 1070. The number of aliphatic hydroxyl groups excluding tert-OH is 1. The predicted octanol–water partition coefficient (Wildman–Crippen LogP) is 4.86. The lowest BCUT2D eigenvalue weighted by Gasteiger charge is -2.41. The fourth-order valence-corrected chi connectivity index (χ4v) is 4.74. The molecular weight excluding hydrogens is 448 g/mol. The van der Waals surface area contributed by atoms with E-state index in [0.29, 0.717) is 35.2 Å². The highest BCUT2D eigenvalue weighted by atomic mass is 32.2. The highest BCUT2D eigenvalue weighted by molar-refractivity contribution is 8.00. The normalized spacial score (nSPS) is 20.5. The molecule has 0 saturated carbocycles. The van der Waals surface area contributed by atoms with Gasteiger partial charge >= 0.3 is 0 Å². The first kappa shape index (κ1) is 24.2. The highest BCUT2D eigenvalue weighted by Crippen LogP contribution is 2.41. The van der Waals surface area contributed by atoms with Crippen molar-refractivity contribution in [2.45, 2.75) is 32.6 Å². The molecular formula is C25H32N6O2S. The predicted molar refractivity (Wildman–Crippen MR) is 142 cm³/mol. The van der Waals surface area contributed by atoms with Crippen LogP contribution < -0.4 is 9.62 Å². The molecule has 1 saturated heterocycles. The summed E-state index contributed by atoms with van der Waals surface area (Å²) in [5.74, 6) is 1.38. The van der Waals surface area contributed by atoms with Gasteiger partial charge in [-0.2, -0.15) is 0 Å². The van der Waals surface area contributed by atoms with E-state index in [0.717, 1.165) is 49.3 Å². The standard InChI is InChI=1S/C25H32N6O2S/c1-25-9-4-3-5-12-27-13-8-21(26-2)24-29-28-23(33-24)20-7-6-19(30-34-17-16-32)18-22(20)31(14-10-25)15-11-25/h3,5-8,13,18,30,32H,2,4,9-12,14-17H2,1H3/b5-3-,21-8-,27-13?. The van der Waals surface area contributed by atoms with Gasteiger partial charge in [-0.05, 0) is 62.1 Å². The molecule has 2 N–H and O–H groups in total. The summed E-state index contributed by atoms with van der Waals surface area (Å²) < 4.78 is 9.36. The number of piperidine rings is 1. The van der Waals surface area contributed by atoms with Gasteiger partial charge < -0.3 is 19.1 Å². The third-order valence-electron chi connectivity index (χ3n) is 6.37. The summed E-state index contributed by atoms with van der Waals surface area (Å²) in [7, 11) is 0. The molecule has 3 aliphatic heterocycles. The van der Waals surface area contributed by atoms with Gasteiger partial charge in [0.05, 0.1) is 24.4 Å². The van der Waals surface area contributed by atoms with Crippen LogP contribution in [0.1, 0.15) is 38.5 Å². The largest absolute Gasteiger partial charge is 0.415 e. The van der Waals surface area contributed by atoms with Crippen LogP contribution in [0, 0.1) is 5.41 Å². The zero-order chi connectivity index (χ0) is 23.8. The number of nitrogens with one attached hydrogen (secondary N) is 1. The van der Waals surface area contributed by atoms with Crippen molar-refractivity contribution in [1.82, 2.24) is 10.2 Å². The molecule has 1 aromatic carbocycles. The van der Waals surface area contributed by atoms with E-state index in [-0.39, 0.29) is 6.61 Å². The molecule has 0 unspecified atom stereocenters. The van der Waals surface area contributed by atoms with Crippen molar-refractivity contribution in [3.63, 3.8) is 0 Å². The molecule has 8 nitrogen and oxygen atoms in total. The van der Waals surface area contributed by atoms with Crippen LogP contribution in [0.3, 0.4) is 0 Å². The number of aliphatic imine (C=N–C) groups is 2. The molecule has 4 heterocycles. The summed E-state index contributed by atoms with van der Waals surface area (Å²) in [6, 6.07) is 6.13. The van der Waals surface area contributed by atoms with Gasteiger partial charge in [0.2, 0.25) is 5.89 Å². The van der Waals surface area contributed by atoms with Crippen molar-refractivity contribution in [1.29, 1.82) is 0 Å². The van der Waals surface area contributed by atoms with Crippen LogP contribution in [0.25, 0.3) is 17.2 Å². The third-order valence-corrected chi connectivity index (χ3v) is 7.13. The second kappa shape index (κ2) is 11.5. The summed E-state index contributed by atoms with van der Waals surface area (Å²) in [5.41, 5.74) is 3.74. The van der Waals surface area contributed by atoms with Gasteiger partial charge in [0.25, 0.3) is 5.89 Å². The Hall–Kier alpha value is -2.91. The quantitative estimate of drug-likeness (QED) is 0.273. The number of aliphatic hydroxyl groups is 1. The van der Waals surface area contributed by atoms with Crippen LogP contribution in [-0.4, -0.2) is 60.2 Å². The van der Waals surface area contributed by atoms with Gasteiger partial charge in [0.1, 0.15) is 5.70 Å². The Morgan fingerprint density at radius 1 is 1.21 bits per heavy atom. The topological polar surface area (TPSA) is 99.1 Å². The van der Waals surface area contributed by atoms with Crippen molar-refractivity contribution in [2.75, 3.05) is 41.6 Å². The van der Waals surface area contributed by atoms with Crippen molar-refractivity contribution >= 4 is 42.0 Å². The van der Waals surface area contributed by atoms with Crippen LogP contribution in [-0.2, 0) is 0 Å². The Morgan fingerprint density at radius 3 is 2.82 bits per heavy atom. The van der Waals surface area contributed by atoms with Gasteiger partial charge in [-0.3, -0.25) is 9.98 Å². The first-order chi connectivity index (χ1) is 16.6. The van der Waals surface area contributed by atoms with Crippen LogP contribution in [0.5, 0.6) is 0 Å². The molecule has 1 fully saturated rings. The summed E-state index contributed by atoms with van der Waals surface area (Å²) in [5, 5.41) is 17.7. The molecule has 9 heteroatoms. The molecule has 180 valence electrons. The molecule has 0 radical (unpaired) electrons. The van der Waals surface area contributed by atoms with Crippen LogP contribution >= 0.6 is 11.9 Å². The molecule has 0 amide bonds. The second-order valence-electron chi connectivity index (χ2n) is 8.85. The number of nitrogens with zero attached hydrogens (tertiary/aromatic N) is 5. The zero-order valence-corrected chi connectivity index (χ0v) is 20.4. The van der Waals surface area contributed by atoms with E-state index < -0.39 is 0 Å². The summed E-state index contributed by atoms with van der Waals surface area (Å²) in [4.78, 5) is 10.9. The number of benzene rings is 1. The number of hydrogen-bond donors (Lipinski definition) is 2. The molecule has 0 spiro atoms. The molecule has 1 aromatic heterocycles. The monoisotopic (exact) mass is 480 g/mol. The summed E-state index contributed by atoms with van der Waals surface area (Å²) in [6.45, 7) is 8.72. The Kier molecular flexibility index (Phi) is 8.18. The van der Waals surface area contributed by atoms with E-state index in [4.69, 9.17) is 9.52 Å². The van der Waals surface area contributed by atoms with Crippen LogP contribution in [0.4, 0.5) is 11.4 Å². The number of aromatic nitrogens is 2. The maximum Gasteiger partial charge on any atom is 0.266 e. The Morgan fingerprint density at radius 2 is 2.03 bits per heavy atom. The van der Waals surface area contributed by atoms with Crippen molar-refractivity contribution in [3.8, 4) is 11.5 Å². The minimum Gasteiger partial charge on any atom is -0.415 e. The van der Waals surface area contributed by atoms with Crippen LogP contribution in [0.2, 0.25) is 0 Å². The Balaban J connectivity index is 1.71. The minimum atomic E-state index is 0.130. The maximum atomic E-state index is 9.11. The van der Waals surface area contributed by atoms with E-state index in [1.54, 1.807) is 12.3 Å². The molecule has 34 heavy (non-hydrogen) atoms. The van der Waals surface area contributed by atoms with Gasteiger partial charge in [-0.1, -0.05) is 31.0 Å². The molecule has 2 aromatic rings. The number of fused-ring (bicyclic) bond motifs is 7. The van der Waals surface area contributed by atoms with Gasteiger partial charge in [0, 0.05) is 30.7 Å². The Labute approximate surface area is 205 Å². The lowest BCUT2D eigenvalue weighted by atomic mass is 9.76. The van der Waals surface area contributed by atoms with E-state index in [2.05, 4.69) is 61.7 Å². The van der Waals surface area contributed by atoms with Crippen molar-refractivity contribution in [3.05, 3.63) is 42.3 Å². The highest BCUT2D eigenvalue weighted by Gasteiger charge is 2.31. The average Bonchev–Trinajstić information content (AvgIpc) is 3.33. The molecule has 0 aliphatic carbocycles. The lowest BCUT2D eigenvalue weighted by Crippen LogP contribution is -2.39. The summed E-state index contributed by atoms with van der Waals surface area (Å²) in [6.07, 6.45) is 12.3. The van der Waals surface area contributed by atoms with Gasteiger partial charge in [0.15, 0.2) is 0 Å². The molecule has 4 bridgehead atoms. The number of anilines is 2. The van der Waals surface area contributed by atoms with Gasteiger partial charge in [-0.25, -0.2) is 0 Å². The average molecular weight is 481 g/mol. The smallest absolute Gasteiger partial charge is 0.266 e. The SMILES string of the molecule is C=N/C1=C\C=NC/C=C\CCC2(C)CCN(CC2)c2cc(NSCCO)ccc2-c2nnc1o2. The van der Waals surface area contributed by atoms with E-state index in [9.17, 15) is 0 Å². The molecule has 5 rings (SSSR count).